The zero-order valence-corrected chi connectivity index (χ0v) is 16.6. The predicted molar refractivity (Wildman–Crippen MR) is 122 cm³/mol. The molecule has 0 saturated heterocycles. The van der Waals surface area contributed by atoms with Gasteiger partial charge in [0.15, 0.2) is 0 Å². The van der Waals surface area contributed by atoms with E-state index in [4.69, 9.17) is 4.98 Å². The van der Waals surface area contributed by atoms with Crippen molar-refractivity contribution >= 4 is 27.3 Å². The predicted octanol–water partition coefficient (Wildman–Crippen LogP) is 5.57. The Bertz CT molecular complexity index is 1740. The standard InChI is InChI=1S/C27H16N4/c1-2-4-18-15(3-1)11-16-5-6-17-12-22-26(25(17)24(16)18)31-23-8-10-29-14-21(23)20-13-28-9-7-19(20)27(31)30-22/h1-10,13-14H,11-12H2. The van der Waals surface area contributed by atoms with Crippen LogP contribution in [-0.2, 0) is 12.8 Å². The Hall–Kier alpha value is -4.05. The van der Waals surface area contributed by atoms with E-state index in [2.05, 4.69) is 62.9 Å². The lowest BCUT2D eigenvalue weighted by Gasteiger charge is -2.13. The van der Waals surface area contributed by atoms with E-state index in [1.807, 2.05) is 24.8 Å². The molecule has 0 spiro atoms. The van der Waals surface area contributed by atoms with Crippen LogP contribution >= 0.6 is 0 Å². The zero-order valence-electron chi connectivity index (χ0n) is 16.6. The largest absolute Gasteiger partial charge is 0.291 e. The summed E-state index contributed by atoms with van der Waals surface area (Å²) in [7, 11) is 0. The molecule has 31 heavy (non-hydrogen) atoms. The highest BCUT2D eigenvalue weighted by Gasteiger charge is 2.32. The van der Waals surface area contributed by atoms with Gasteiger partial charge in [-0.25, -0.2) is 4.98 Å². The van der Waals surface area contributed by atoms with Gasteiger partial charge in [0, 0.05) is 52.9 Å². The lowest BCUT2D eigenvalue weighted by molar-refractivity contribution is 1.16. The molecule has 0 N–H and O–H groups in total. The lowest BCUT2D eigenvalue weighted by atomic mass is 9.95. The second-order valence-corrected chi connectivity index (χ2v) is 8.52. The molecule has 4 nitrogen and oxygen atoms in total. The fourth-order valence-corrected chi connectivity index (χ4v) is 5.72. The third-order valence-electron chi connectivity index (χ3n) is 6.98. The molecule has 0 fully saturated rings. The number of benzene rings is 2. The van der Waals surface area contributed by atoms with Crippen molar-refractivity contribution in [2.75, 3.05) is 0 Å². The highest BCUT2D eigenvalue weighted by molar-refractivity contribution is 6.12. The molecule has 0 amide bonds. The van der Waals surface area contributed by atoms with Crippen LogP contribution in [0.1, 0.15) is 22.4 Å². The van der Waals surface area contributed by atoms with Crippen LogP contribution in [0, 0.1) is 0 Å². The van der Waals surface area contributed by atoms with Gasteiger partial charge in [0.05, 0.1) is 16.9 Å². The summed E-state index contributed by atoms with van der Waals surface area (Å²) in [4.78, 5) is 14.0. The van der Waals surface area contributed by atoms with Crippen LogP contribution in [0.3, 0.4) is 0 Å². The average molecular weight is 396 g/mol. The quantitative estimate of drug-likeness (QED) is 0.315. The maximum Gasteiger partial charge on any atom is 0.146 e. The molecule has 4 heteroatoms. The molecule has 2 aromatic carbocycles. The molecule has 0 radical (unpaired) electrons. The fraction of sp³-hybridized carbons (Fsp3) is 0.0741. The van der Waals surface area contributed by atoms with Gasteiger partial charge in [-0.2, -0.15) is 0 Å². The Morgan fingerprint density at radius 3 is 2.42 bits per heavy atom. The molecule has 8 rings (SSSR count). The zero-order chi connectivity index (χ0) is 20.1. The average Bonchev–Trinajstić information content (AvgIpc) is 3.48. The van der Waals surface area contributed by atoms with Gasteiger partial charge >= 0.3 is 0 Å². The molecule has 0 atom stereocenters. The van der Waals surface area contributed by atoms with Crippen LogP contribution in [0.25, 0.3) is 49.7 Å². The summed E-state index contributed by atoms with van der Waals surface area (Å²) in [5.41, 5.74) is 12.9. The summed E-state index contributed by atoms with van der Waals surface area (Å²) in [6.45, 7) is 0. The van der Waals surface area contributed by atoms with Gasteiger partial charge in [-0.15, -0.1) is 0 Å². The first kappa shape index (κ1) is 15.7. The van der Waals surface area contributed by atoms with Crippen LogP contribution in [0.15, 0.2) is 73.3 Å². The minimum absolute atomic E-state index is 0.876. The number of aromatic nitrogens is 4. The summed E-state index contributed by atoms with van der Waals surface area (Å²) in [6, 6.07) is 17.6. The first-order valence-electron chi connectivity index (χ1n) is 10.6. The van der Waals surface area contributed by atoms with Gasteiger partial charge in [-0.1, -0.05) is 36.4 Å². The Labute approximate surface area is 177 Å². The van der Waals surface area contributed by atoms with E-state index in [-0.39, 0.29) is 0 Å². The van der Waals surface area contributed by atoms with Crippen molar-refractivity contribution < 1.29 is 0 Å². The molecule has 0 saturated carbocycles. The normalized spacial score (nSPS) is 13.5. The maximum absolute atomic E-state index is 5.18. The van der Waals surface area contributed by atoms with Crippen molar-refractivity contribution in [2.45, 2.75) is 12.8 Å². The van der Waals surface area contributed by atoms with Crippen LogP contribution < -0.4 is 0 Å². The first-order valence-corrected chi connectivity index (χ1v) is 10.6. The molecule has 0 aliphatic heterocycles. The van der Waals surface area contributed by atoms with E-state index < -0.39 is 0 Å². The topological polar surface area (TPSA) is 43.1 Å². The molecule has 4 heterocycles. The van der Waals surface area contributed by atoms with Crippen molar-refractivity contribution in [3.63, 3.8) is 0 Å². The molecule has 0 unspecified atom stereocenters. The van der Waals surface area contributed by atoms with E-state index in [1.165, 1.54) is 39.1 Å². The highest BCUT2D eigenvalue weighted by Crippen LogP contribution is 2.50. The Morgan fingerprint density at radius 2 is 1.48 bits per heavy atom. The van der Waals surface area contributed by atoms with Crippen LogP contribution in [0.5, 0.6) is 0 Å². The highest BCUT2D eigenvalue weighted by atomic mass is 15.0. The number of hydrogen-bond donors (Lipinski definition) is 0. The van der Waals surface area contributed by atoms with Gasteiger partial charge in [-0.3, -0.25) is 14.4 Å². The fourth-order valence-electron chi connectivity index (χ4n) is 5.72. The van der Waals surface area contributed by atoms with Crippen molar-refractivity contribution in [1.29, 1.82) is 0 Å². The number of fused-ring (bicyclic) bond motifs is 14. The summed E-state index contributed by atoms with van der Waals surface area (Å²) in [5.74, 6) is 0. The summed E-state index contributed by atoms with van der Waals surface area (Å²) in [5, 5.41) is 3.34. The monoisotopic (exact) mass is 396 g/mol. The van der Waals surface area contributed by atoms with Crippen LogP contribution in [-0.4, -0.2) is 19.4 Å². The second kappa shape index (κ2) is 5.35. The summed E-state index contributed by atoms with van der Waals surface area (Å²) < 4.78 is 2.36. The summed E-state index contributed by atoms with van der Waals surface area (Å²) in [6.07, 6.45) is 9.49. The smallest absolute Gasteiger partial charge is 0.146 e. The Morgan fingerprint density at radius 1 is 0.677 bits per heavy atom. The van der Waals surface area contributed by atoms with Gasteiger partial charge in [0.25, 0.3) is 0 Å². The van der Waals surface area contributed by atoms with Crippen LogP contribution in [0.4, 0.5) is 0 Å². The van der Waals surface area contributed by atoms with E-state index in [9.17, 15) is 0 Å². The molecule has 4 aromatic heterocycles. The van der Waals surface area contributed by atoms with Crippen molar-refractivity contribution in [1.82, 2.24) is 19.4 Å². The van der Waals surface area contributed by atoms with E-state index in [1.54, 1.807) is 0 Å². The number of imidazole rings is 1. The molecule has 6 aromatic rings. The molecule has 2 aliphatic carbocycles. The maximum atomic E-state index is 5.18. The molecule has 144 valence electrons. The lowest BCUT2D eigenvalue weighted by Crippen LogP contribution is -1.96. The van der Waals surface area contributed by atoms with Gasteiger partial charge in [0.1, 0.15) is 5.65 Å². The van der Waals surface area contributed by atoms with Crippen LogP contribution in [0.2, 0.25) is 0 Å². The minimum Gasteiger partial charge on any atom is -0.291 e. The molecular formula is C27H16N4. The van der Waals surface area contributed by atoms with E-state index >= 15 is 0 Å². The number of pyridine rings is 3. The van der Waals surface area contributed by atoms with Crippen molar-refractivity contribution in [3.8, 4) is 22.4 Å². The number of nitrogens with zero attached hydrogens (tertiary/aromatic N) is 4. The van der Waals surface area contributed by atoms with Gasteiger partial charge < -0.3 is 0 Å². The SMILES string of the molecule is c1ccc2c(c1)Cc1ccc3c(c1-2)-c1c(nc2c4ccncc4c4cnccc4n12)C3. The third-order valence-corrected chi connectivity index (χ3v) is 6.98. The molecular weight excluding hydrogens is 380 g/mol. The first-order chi connectivity index (χ1) is 15.4. The molecule has 0 bridgehead atoms. The second-order valence-electron chi connectivity index (χ2n) is 8.52. The molecule has 2 aliphatic rings. The van der Waals surface area contributed by atoms with Gasteiger partial charge in [-0.05, 0) is 46.4 Å². The van der Waals surface area contributed by atoms with Crippen molar-refractivity contribution in [3.05, 3.63) is 95.7 Å². The van der Waals surface area contributed by atoms with Crippen molar-refractivity contribution in [2.24, 2.45) is 0 Å². The Kier molecular flexibility index (Phi) is 2.72. The summed E-state index contributed by atoms with van der Waals surface area (Å²) >= 11 is 0. The number of hydrogen-bond acceptors (Lipinski definition) is 3. The third kappa shape index (κ3) is 1.84. The van der Waals surface area contributed by atoms with E-state index in [0.717, 1.165) is 45.9 Å². The Balaban J connectivity index is 1.59. The minimum atomic E-state index is 0.876. The van der Waals surface area contributed by atoms with Gasteiger partial charge in [0.2, 0.25) is 0 Å². The van der Waals surface area contributed by atoms with E-state index in [0.29, 0.717) is 0 Å². The number of rotatable bonds is 0.